The minimum Gasteiger partial charge on any atom is -0.357 e. The van der Waals surface area contributed by atoms with Crippen molar-refractivity contribution >= 4 is 5.96 Å². The highest BCUT2D eigenvalue weighted by atomic mass is 15.3. The highest BCUT2D eigenvalue weighted by molar-refractivity contribution is 5.80. The van der Waals surface area contributed by atoms with E-state index in [1.807, 2.05) is 0 Å². The summed E-state index contributed by atoms with van der Waals surface area (Å²) < 4.78 is 0. The van der Waals surface area contributed by atoms with Gasteiger partial charge in [0, 0.05) is 26.2 Å². The van der Waals surface area contributed by atoms with Crippen molar-refractivity contribution in [2.75, 3.05) is 26.2 Å². The van der Waals surface area contributed by atoms with Crippen molar-refractivity contribution in [3.05, 3.63) is 35.9 Å². The van der Waals surface area contributed by atoms with Gasteiger partial charge in [-0.2, -0.15) is 0 Å². The van der Waals surface area contributed by atoms with E-state index in [9.17, 15) is 0 Å². The molecule has 1 aromatic carbocycles. The van der Waals surface area contributed by atoms with Gasteiger partial charge in [-0.1, -0.05) is 37.3 Å². The lowest BCUT2D eigenvalue weighted by Crippen LogP contribution is -2.45. The van der Waals surface area contributed by atoms with Crippen LogP contribution in [0.25, 0.3) is 0 Å². The highest BCUT2D eigenvalue weighted by Gasteiger charge is 2.18. The molecule has 0 saturated carbocycles. The van der Waals surface area contributed by atoms with E-state index in [2.05, 4.69) is 54.4 Å². The number of likely N-dealkylation sites (tertiary alicyclic amines) is 1. The van der Waals surface area contributed by atoms with E-state index < -0.39 is 0 Å². The molecule has 20 heavy (non-hydrogen) atoms. The van der Waals surface area contributed by atoms with Crippen LogP contribution in [-0.4, -0.2) is 37.0 Å². The summed E-state index contributed by atoms with van der Waals surface area (Å²) in [7, 11) is 0. The van der Waals surface area contributed by atoms with Crippen LogP contribution >= 0.6 is 0 Å². The van der Waals surface area contributed by atoms with Crippen LogP contribution in [0.3, 0.4) is 0 Å². The van der Waals surface area contributed by atoms with Gasteiger partial charge in [-0.3, -0.25) is 4.99 Å². The Morgan fingerprint density at radius 1 is 1.25 bits per heavy atom. The van der Waals surface area contributed by atoms with Gasteiger partial charge in [0.2, 0.25) is 0 Å². The summed E-state index contributed by atoms with van der Waals surface area (Å²) in [6, 6.07) is 10.6. The molecular weight excluding hydrogens is 246 g/mol. The molecule has 0 bridgehead atoms. The molecular formula is C17H27N3. The third-order valence-corrected chi connectivity index (χ3v) is 3.92. The second kappa shape index (κ2) is 7.93. The first-order valence-electron chi connectivity index (χ1n) is 7.86. The van der Waals surface area contributed by atoms with Crippen LogP contribution in [0, 0.1) is 5.92 Å². The number of rotatable bonds is 4. The van der Waals surface area contributed by atoms with Crippen LogP contribution in [-0.2, 0) is 6.42 Å². The number of guanidine groups is 1. The molecule has 1 aliphatic rings. The number of hydrogen-bond donors (Lipinski definition) is 1. The van der Waals surface area contributed by atoms with Crippen LogP contribution < -0.4 is 5.32 Å². The minimum atomic E-state index is 0.860. The normalized spacial score (nSPS) is 17.3. The first kappa shape index (κ1) is 14.9. The van der Waals surface area contributed by atoms with Gasteiger partial charge in [-0.05, 0) is 37.7 Å². The van der Waals surface area contributed by atoms with E-state index in [4.69, 9.17) is 4.99 Å². The third kappa shape index (κ3) is 4.55. The molecule has 3 nitrogen and oxygen atoms in total. The summed E-state index contributed by atoms with van der Waals surface area (Å²) in [6.07, 6.45) is 3.58. The Morgan fingerprint density at radius 2 is 1.95 bits per heavy atom. The number of hydrogen-bond acceptors (Lipinski definition) is 1. The molecule has 0 amide bonds. The molecule has 0 spiro atoms. The van der Waals surface area contributed by atoms with Crippen molar-refractivity contribution in [2.45, 2.75) is 33.1 Å². The van der Waals surface area contributed by atoms with Crippen molar-refractivity contribution in [1.29, 1.82) is 0 Å². The lowest BCUT2D eigenvalue weighted by atomic mass is 10.00. The molecule has 1 N–H and O–H groups in total. The van der Waals surface area contributed by atoms with Crippen molar-refractivity contribution in [2.24, 2.45) is 10.9 Å². The molecule has 0 unspecified atom stereocenters. The average Bonchev–Trinajstić information content (AvgIpc) is 2.48. The summed E-state index contributed by atoms with van der Waals surface area (Å²) in [4.78, 5) is 7.20. The Balaban J connectivity index is 1.88. The molecule has 3 heteroatoms. The first-order valence-corrected chi connectivity index (χ1v) is 7.86. The third-order valence-electron chi connectivity index (χ3n) is 3.92. The van der Waals surface area contributed by atoms with Crippen molar-refractivity contribution in [3.8, 4) is 0 Å². The van der Waals surface area contributed by atoms with Gasteiger partial charge in [0.1, 0.15) is 0 Å². The van der Waals surface area contributed by atoms with Crippen LogP contribution in [0.5, 0.6) is 0 Å². The van der Waals surface area contributed by atoms with E-state index in [1.165, 1.54) is 18.4 Å². The molecule has 0 atom stereocenters. The highest BCUT2D eigenvalue weighted by Crippen LogP contribution is 2.15. The minimum absolute atomic E-state index is 0.860. The molecule has 1 fully saturated rings. The largest absolute Gasteiger partial charge is 0.357 e. The molecule has 1 aromatic rings. The van der Waals surface area contributed by atoms with Crippen LogP contribution in [0.1, 0.15) is 32.3 Å². The zero-order chi connectivity index (χ0) is 14.2. The van der Waals surface area contributed by atoms with E-state index in [0.29, 0.717) is 0 Å². The predicted molar refractivity (Wildman–Crippen MR) is 86.1 cm³/mol. The smallest absolute Gasteiger partial charge is 0.193 e. The second-order valence-electron chi connectivity index (χ2n) is 5.64. The second-order valence-corrected chi connectivity index (χ2v) is 5.64. The summed E-state index contributed by atoms with van der Waals surface area (Å²) in [6.45, 7) is 8.56. The fourth-order valence-electron chi connectivity index (χ4n) is 2.58. The Morgan fingerprint density at radius 3 is 2.60 bits per heavy atom. The maximum atomic E-state index is 4.79. The number of benzene rings is 1. The van der Waals surface area contributed by atoms with Crippen molar-refractivity contribution in [1.82, 2.24) is 10.2 Å². The van der Waals surface area contributed by atoms with Gasteiger partial charge in [0.05, 0.1) is 0 Å². The van der Waals surface area contributed by atoms with Gasteiger partial charge in [0.25, 0.3) is 0 Å². The maximum Gasteiger partial charge on any atom is 0.193 e. The summed E-state index contributed by atoms with van der Waals surface area (Å²) in [5.41, 5.74) is 1.36. The van der Waals surface area contributed by atoms with Gasteiger partial charge in [-0.25, -0.2) is 0 Å². The van der Waals surface area contributed by atoms with E-state index >= 15 is 0 Å². The van der Waals surface area contributed by atoms with Crippen LogP contribution in [0.2, 0.25) is 0 Å². The SMILES string of the molecule is CCNC(=NCCc1ccccc1)N1CCC(C)CC1. The standard InChI is InChI=1S/C17H27N3/c1-3-18-17(20-13-10-15(2)11-14-20)19-12-9-16-7-5-4-6-8-16/h4-8,15H,3,9-14H2,1-2H3,(H,18,19). The van der Waals surface area contributed by atoms with Gasteiger partial charge < -0.3 is 10.2 Å². The molecule has 110 valence electrons. The zero-order valence-electron chi connectivity index (χ0n) is 12.8. The van der Waals surface area contributed by atoms with Gasteiger partial charge in [0.15, 0.2) is 5.96 Å². The lowest BCUT2D eigenvalue weighted by Gasteiger charge is -2.33. The molecule has 1 aliphatic heterocycles. The van der Waals surface area contributed by atoms with Gasteiger partial charge in [-0.15, -0.1) is 0 Å². The van der Waals surface area contributed by atoms with Crippen molar-refractivity contribution < 1.29 is 0 Å². The van der Waals surface area contributed by atoms with E-state index in [0.717, 1.165) is 44.5 Å². The Kier molecular flexibility index (Phi) is 5.90. The summed E-state index contributed by atoms with van der Waals surface area (Å²) in [5, 5.41) is 3.43. The Labute approximate surface area is 123 Å². The molecule has 0 radical (unpaired) electrons. The van der Waals surface area contributed by atoms with E-state index in [1.54, 1.807) is 0 Å². The summed E-state index contributed by atoms with van der Waals surface area (Å²) >= 11 is 0. The van der Waals surface area contributed by atoms with E-state index in [-0.39, 0.29) is 0 Å². The first-order chi connectivity index (χ1) is 9.79. The molecule has 0 aliphatic carbocycles. The predicted octanol–water partition coefficient (Wildman–Crippen LogP) is 2.93. The zero-order valence-corrected chi connectivity index (χ0v) is 12.8. The molecule has 1 saturated heterocycles. The average molecular weight is 273 g/mol. The Hall–Kier alpha value is -1.51. The topological polar surface area (TPSA) is 27.6 Å². The number of piperidine rings is 1. The fourth-order valence-corrected chi connectivity index (χ4v) is 2.58. The summed E-state index contributed by atoms with van der Waals surface area (Å²) in [5.74, 6) is 1.95. The fraction of sp³-hybridized carbons (Fsp3) is 0.588. The molecule has 1 heterocycles. The number of aliphatic imine (C=N–C) groups is 1. The maximum absolute atomic E-state index is 4.79. The van der Waals surface area contributed by atoms with Gasteiger partial charge >= 0.3 is 0 Å². The lowest BCUT2D eigenvalue weighted by molar-refractivity contribution is 0.273. The molecule has 2 rings (SSSR count). The number of nitrogens with one attached hydrogen (secondary N) is 1. The monoisotopic (exact) mass is 273 g/mol. The Bertz CT molecular complexity index is 406. The van der Waals surface area contributed by atoms with Crippen LogP contribution in [0.15, 0.2) is 35.3 Å². The van der Waals surface area contributed by atoms with Crippen LogP contribution in [0.4, 0.5) is 0 Å². The number of nitrogens with zero attached hydrogens (tertiary/aromatic N) is 2. The van der Waals surface area contributed by atoms with Crippen molar-refractivity contribution in [3.63, 3.8) is 0 Å². The quantitative estimate of drug-likeness (QED) is 0.675. The molecule has 0 aromatic heterocycles.